The lowest BCUT2D eigenvalue weighted by molar-refractivity contribution is 0.0937. The molecule has 0 N–H and O–H groups in total. The van der Waals surface area contributed by atoms with E-state index in [1.54, 1.807) is 7.11 Å². The first-order valence-corrected chi connectivity index (χ1v) is 5.28. The van der Waals surface area contributed by atoms with Gasteiger partial charge in [0, 0.05) is 24.3 Å². The Bertz CT molecular complexity index is 111. The molecule has 0 amide bonds. The lowest BCUT2D eigenvalue weighted by Gasteiger charge is -2.30. The molecule has 0 saturated carbocycles. The Hall–Kier alpha value is 0.540. The van der Waals surface area contributed by atoms with Gasteiger partial charge in [0.05, 0.1) is 6.61 Å². The summed E-state index contributed by atoms with van der Waals surface area (Å²) in [5.74, 6) is 1.75. The molecule has 0 heterocycles. The van der Waals surface area contributed by atoms with Crippen LogP contribution in [0.1, 0.15) is 20.3 Å². The first-order valence-electron chi connectivity index (χ1n) is 4.21. The topological polar surface area (TPSA) is 9.23 Å². The molecule has 0 bridgehead atoms. The van der Waals surface area contributed by atoms with Crippen LogP contribution >= 0.6 is 23.2 Å². The van der Waals surface area contributed by atoms with Crippen LogP contribution in [0.3, 0.4) is 0 Å². The predicted molar refractivity (Wildman–Crippen MR) is 55.2 cm³/mol. The van der Waals surface area contributed by atoms with E-state index in [1.165, 1.54) is 0 Å². The third kappa shape index (κ3) is 3.97. The molecule has 0 aliphatic heterocycles. The number of alkyl halides is 2. The second-order valence-corrected chi connectivity index (χ2v) is 4.33. The zero-order chi connectivity index (χ0) is 9.61. The Labute approximate surface area is 85.4 Å². The lowest BCUT2D eigenvalue weighted by Crippen LogP contribution is -2.32. The van der Waals surface area contributed by atoms with Gasteiger partial charge in [0.1, 0.15) is 0 Å². The van der Waals surface area contributed by atoms with Crippen LogP contribution < -0.4 is 0 Å². The summed E-state index contributed by atoms with van der Waals surface area (Å²) in [7, 11) is 1.69. The van der Waals surface area contributed by atoms with Crippen molar-refractivity contribution in [3.05, 3.63) is 0 Å². The van der Waals surface area contributed by atoms with Gasteiger partial charge in [-0.3, -0.25) is 0 Å². The van der Waals surface area contributed by atoms with E-state index in [4.69, 9.17) is 27.9 Å². The monoisotopic (exact) mass is 212 g/mol. The van der Waals surface area contributed by atoms with Gasteiger partial charge in [0.25, 0.3) is 0 Å². The Balaban J connectivity index is 4.13. The molecule has 0 aliphatic rings. The van der Waals surface area contributed by atoms with Crippen LogP contribution in [-0.4, -0.2) is 25.5 Å². The highest BCUT2D eigenvalue weighted by Crippen LogP contribution is 2.29. The molecule has 0 fully saturated rings. The molecule has 0 unspecified atom stereocenters. The summed E-state index contributed by atoms with van der Waals surface area (Å²) in [5, 5.41) is 0. The van der Waals surface area contributed by atoms with Crippen molar-refractivity contribution in [3.63, 3.8) is 0 Å². The highest BCUT2D eigenvalue weighted by molar-refractivity contribution is 6.21. The maximum atomic E-state index is 5.88. The largest absolute Gasteiger partial charge is 0.384 e. The maximum absolute atomic E-state index is 5.88. The zero-order valence-corrected chi connectivity index (χ0v) is 9.58. The SMILES string of the molecule is COCC(CCl)(CCl)CC(C)C. The molecular formula is C9H18Cl2O. The van der Waals surface area contributed by atoms with Crippen molar-refractivity contribution in [2.45, 2.75) is 20.3 Å². The summed E-state index contributed by atoms with van der Waals surface area (Å²) < 4.78 is 5.12. The number of hydrogen-bond acceptors (Lipinski definition) is 1. The second kappa shape index (κ2) is 6.06. The fourth-order valence-electron chi connectivity index (χ4n) is 1.45. The molecule has 3 heteroatoms. The van der Waals surface area contributed by atoms with Gasteiger partial charge in [-0.15, -0.1) is 23.2 Å². The summed E-state index contributed by atoms with van der Waals surface area (Å²) in [6, 6.07) is 0. The van der Waals surface area contributed by atoms with Crippen molar-refractivity contribution < 1.29 is 4.74 Å². The van der Waals surface area contributed by atoms with Gasteiger partial charge in [-0.1, -0.05) is 13.8 Å². The van der Waals surface area contributed by atoms with Crippen molar-refractivity contribution in [1.82, 2.24) is 0 Å². The normalized spacial score (nSPS) is 12.5. The Kier molecular flexibility index (Phi) is 6.34. The molecule has 12 heavy (non-hydrogen) atoms. The third-order valence-electron chi connectivity index (χ3n) is 1.86. The molecule has 1 nitrogen and oxygen atoms in total. The minimum absolute atomic E-state index is 0.0357. The van der Waals surface area contributed by atoms with E-state index in [-0.39, 0.29) is 5.41 Å². The summed E-state index contributed by atoms with van der Waals surface area (Å²) in [6.45, 7) is 4.99. The highest BCUT2D eigenvalue weighted by atomic mass is 35.5. The van der Waals surface area contributed by atoms with E-state index in [1.807, 2.05) is 0 Å². The van der Waals surface area contributed by atoms with Crippen LogP contribution in [-0.2, 0) is 4.74 Å². The van der Waals surface area contributed by atoms with E-state index >= 15 is 0 Å². The van der Waals surface area contributed by atoms with Crippen LogP contribution in [0.25, 0.3) is 0 Å². The third-order valence-corrected chi connectivity index (χ3v) is 2.99. The fourth-order valence-corrected chi connectivity index (χ4v) is 2.11. The summed E-state index contributed by atoms with van der Waals surface area (Å²) in [6.07, 6.45) is 1.02. The molecule has 0 aromatic heterocycles. The van der Waals surface area contributed by atoms with Gasteiger partial charge in [0.2, 0.25) is 0 Å². The summed E-state index contributed by atoms with van der Waals surface area (Å²) in [5.41, 5.74) is -0.0357. The summed E-state index contributed by atoms with van der Waals surface area (Å²) >= 11 is 11.8. The standard InChI is InChI=1S/C9H18Cl2O/c1-8(2)4-9(5-10,6-11)7-12-3/h8H,4-7H2,1-3H3. The predicted octanol–water partition coefficient (Wildman–Crippen LogP) is 3.14. The highest BCUT2D eigenvalue weighted by Gasteiger charge is 2.29. The van der Waals surface area contributed by atoms with Crippen molar-refractivity contribution >= 4 is 23.2 Å². The van der Waals surface area contributed by atoms with Crippen molar-refractivity contribution in [3.8, 4) is 0 Å². The molecule has 0 saturated heterocycles. The van der Waals surface area contributed by atoms with E-state index in [0.717, 1.165) is 6.42 Å². The number of ether oxygens (including phenoxy) is 1. The molecule has 0 atom stereocenters. The van der Waals surface area contributed by atoms with Crippen LogP contribution in [0.4, 0.5) is 0 Å². The maximum Gasteiger partial charge on any atom is 0.0541 e. The van der Waals surface area contributed by atoms with E-state index in [0.29, 0.717) is 24.3 Å². The van der Waals surface area contributed by atoms with E-state index in [2.05, 4.69) is 13.8 Å². The molecule has 74 valence electrons. The van der Waals surface area contributed by atoms with Gasteiger partial charge in [-0.2, -0.15) is 0 Å². The van der Waals surface area contributed by atoms with Gasteiger partial charge in [0.15, 0.2) is 0 Å². The van der Waals surface area contributed by atoms with Crippen molar-refractivity contribution in [2.24, 2.45) is 11.3 Å². The van der Waals surface area contributed by atoms with Crippen molar-refractivity contribution in [2.75, 3.05) is 25.5 Å². The molecule has 0 spiro atoms. The quantitative estimate of drug-likeness (QED) is 0.616. The average Bonchev–Trinajstić information content (AvgIpc) is 2.03. The lowest BCUT2D eigenvalue weighted by atomic mass is 9.84. The Morgan fingerprint density at radius 1 is 1.25 bits per heavy atom. The van der Waals surface area contributed by atoms with Crippen LogP contribution in [0.5, 0.6) is 0 Å². The van der Waals surface area contributed by atoms with Gasteiger partial charge in [-0.25, -0.2) is 0 Å². The molecule has 0 radical (unpaired) electrons. The van der Waals surface area contributed by atoms with Crippen molar-refractivity contribution in [1.29, 1.82) is 0 Å². The van der Waals surface area contributed by atoms with E-state index < -0.39 is 0 Å². The smallest absolute Gasteiger partial charge is 0.0541 e. The van der Waals surface area contributed by atoms with Gasteiger partial charge >= 0.3 is 0 Å². The number of methoxy groups -OCH3 is 1. The fraction of sp³-hybridized carbons (Fsp3) is 1.00. The minimum atomic E-state index is -0.0357. The minimum Gasteiger partial charge on any atom is -0.384 e. The van der Waals surface area contributed by atoms with Gasteiger partial charge in [-0.05, 0) is 12.3 Å². The van der Waals surface area contributed by atoms with E-state index in [9.17, 15) is 0 Å². The van der Waals surface area contributed by atoms with Gasteiger partial charge < -0.3 is 4.74 Å². The molecule has 0 rings (SSSR count). The first-order chi connectivity index (χ1) is 5.60. The molecule has 0 aromatic carbocycles. The summed E-state index contributed by atoms with van der Waals surface area (Å²) in [4.78, 5) is 0. The Morgan fingerprint density at radius 2 is 1.75 bits per heavy atom. The zero-order valence-electron chi connectivity index (χ0n) is 8.07. The van der Waals surface area contributed by atoms with Crippen LogP contribution in [0.15, 0.2) is 0 Å². The van der Waals surface area contributed by atoms with Crippen LogP contribution in [0, 0.1) is 11.3 Å². The molecule has 0 aliphatic carbocycles. The Morgan fingerprint density at radius 3 is 2.00 bits per heavy atom. The first kappa shape index (κ1) is 12.5. The number of rotatable bonds is 6. The molecule has 0 aromatic rings. The second-order valence-electron chi connectivity index (χ2n) is 3.80. The molecular weight excluding hydrogens is 195 g/mol. The number of halogens is 2. The average molecular weight is 213 g/mol. The van der Waals surface area contributed by atoms with Crippen LogP contribution in [0.2, 0.25) is 0 Å². The number of hydrogen-bond donors (Lipinski definition) is 0.